The molecule has 1 fully saturated rings. The monoisotopic (exact) mass is 193 g/mol. The van der Waals surface area contributed by atoms with Gasteiger partial charge < -0.3 is 5.32 Å². The van der Waals surface area contributed by atoms with Crippen LogP contribution in [0.25, 0.3) is 0 Å². The summed E-state index contributed by atoms with van der Waals surface area (Å²) >= 11 is 0. The summed E-state index contributed by atoms with van der Waals surface area (Å²) in [5.74, 6) is 0. The van der Waals surface area contributed by atoms with Crippen molar-refractivity contribution in [2.75, 3.05) is 13.1 Å². The molecular formula is C13H23N. The third-order valence-corrected chi connectivity index (χ3v) is 2.54. The normalized spacial score (nSPS) is 26.3. The molecule has 80 valence electrons. The Labute approximate surface area is 88.3 Å². The Morgan fingerprint density at radius 1 is 0.571 bits per heavy atom. The van der Waals surface area contributed by atoms with Crippen molar-refractivity contribution in [1.29, 1.82) is 0 Å². The molecule has 1 heterocycles. The van der Waals surface area contributed by atoms with Gasteiger partial charge in [-0.05, 0) is 51.6 Å². The summed E-state index contributed by atoms with van der Waals surface area (Å²) in [4.78, 5) is 0. The molecule has 1 heteroatoms. The number of allylic oxidation sites excluding steroid dienone is 4. The van der Waals surface area contributed by atoms with Crippen LogP contribution in [-0.4, -0.2) is 13.1 Å². The molecule has 0 saturated carbocycles. The number of piperidine rings is 1. The Morgan fingerprint density at radius 2 is 1.00 bits per heavy atom. The predicted octanol–water partition coefficient (Wildman–Crippen LogP) is 3.43. The highest BCUT2D eigenvalue weighted by Crippen LogP contribution is 2.02. The Balaban J connectivity index is 0.000000146. The molecule has 0 aromatic heterocycles. The Morgan fingerprint density at radius 3 is 1.21 bits per heavy atom. The second-order valence-electron chi connectivity index (χ2n) is 3.91. The van der Waals surface area contributed by atoms with Crippen LogP contribution in [0.5, 0.6) is 0 Å². The number of hydrogen-bond acceptors (Lipinski definition) is 1. The smallest absolute Gasteiger partial charge is 0.00489 e. The van der Waals surface area contributed by atoms with Crippen LogP contribution >= 0.6 is 0 Å². The number of rotatable bonds is 0. The fourth-order valence-electron chi connectivity index (χ4n) is 1.66. The van der Waals surface area contributed by atoms with E-state index in [1.54, 1.807) is 0 Å². The van der Waals surface area contributed by atoms with Crippen molar-refractivity contribution in [3.05, 3.63) is 24.3 Å². The lowest BCUT2D eigenvalue weighted by Gasteiger charge is -2.08. The van der Waals surface area contributed by atoms with Crippen LogP contribution in [0.3, 0.4) is 0 Å². The molecule has 1 aliphatic carbocycles. The molecule has 0 atom stereocenters. The molecule has 0 aromatic carbocycles. The average Bonchev–Trinajstić information content (AvgIpc) is 2.20. The van der Waals surface area contributed by atoms with E-state index in [1.807, 2.05) is 0 Å². The number of nitrogens with one attached hydrogen (secondary N) is 1. The van der Waals surface area contributed by atoms with Gasteiger partial charge >= 0.3 is 0 Å². The fourth-order valence-corrected chi connectivity index (χ4v) is 1.66. The highest BCUT2D eigenvalue weighted by molar-refractivity contribution is 4.93. The van der Waals surface area contributed by atoms with Crippen LogP contribution in [0.1, 0.15) is 44.9 Å². The summed E-state index contributed by atoms with van der Waals surface area (Å²) in [6, 6.07) is 0. The predicted molar refractivity (Wildman–Crippen MR) is 63.5 cm³/mol. The lowest BCUT2D eigenvalue weighted by Crippen LogP contribution is -2.21. The van der Waals surface area contributed by atoms with Gasteiger partial charge in [0, 0.05) is 0 Å². The highest BCUT2D eigenvalue weighted by Gasteiger charge is 1.93. The molecule has 0 radical (unpaired) electrons. The van der Waals surface area contributed by atoms with Crippen molar-refractivity contribution in [3.63, 3.8) is 0 Å². The first-order chi connectivity index (χ1) is 7.00. The van der Waals surface area contributed by atoms with E-state index in [9.17, 15) is 0 Å². The molecule has 1 aliphatic heterocycles. The van der Waals surface area contributed by atoms with Crippen LogP contribution in [0, 0.1) is 0 Å². The van der Waals surface area contributed by atoms with Gasteiger partial charge in [0.15, 0.2) is 0 Å². The molecule has 0 spiro atoms. The molecule has 1 saturated heterocycles. The van der Waals surface area contributed by atoms with Crippen molar-refractivity contribution in [2.45, 2.75) is 44.9 Å². The lowest BCUT2D eigenvalue weighted by atomic mass is 10.1. The molecule has 0 bridgehead atoms. The van der Waals surface area contributed by atoms with Crippen molar-refractivity contribution in [3.8, 4) is 0 Å². The van der Waals surface area contributed by atoms with E-state index in [0.29, 0.717) is 0 Å². The van der Waals surface area contributed by atoms with Crippen LogP contribution in [-0.2, 0) is 0 Å². The molecule has 0 unspecified atom stereocenters. The van der Waals surface area contributed by atoms with Crippen LogP contribution in [0.15, 0.2) is 24.3 Å². The summed E-state index contributed by atoms with van der Waals surface area (Å²) in [5.41, 5.74) is 0. The maximum Gasteiger partial charge on any atom is -0.00489 e. The summed E-state index contributed by atoms with van der Waals surface area (Å²) in [6.45, 7) is 2.50. The zero-order chi connectivity index (χ0) is 9.90. The summed E-state index contributed by atoms with van der Waals surface area (Å²) < 4.78 is 0. The minimum Gasteiger partial charge on any atom is -0.317 e. The molecule has 14 heavy (non-hydrogen) atoms. The third-order valence-electron chi connectivity index (χ3n) is 2.54. The second-order valence-corrected chi connectivity index (χ2v) is 3.91. The van der Waals surface area contributed by atoms with E-state index in [0.717, 1.165) is 0 Å². The van der Waals surface area contributed by atoms with E-state index < -0.39 is 0 Å². The van der Waals surface area contributed by atoms with Gasteiger partial charge in [0.2, 0.25) is 0 Å². The Bertz CT molecular complexity index is 129. The zero-order valence-corrected chi connectivity index (χ0v) is 9.17. The minimum absolute atomic E-state index is 1.23. The summed E-state index contributed by atoms with van der Waals surface area (Å²) in [5, 5.41) is 3.28. The molecule has 0 amide bonds. The van der Waals surface area contributed by atoms with Gasteiger partial charge in [-0.25, -0.2) is 0 Å². The average molecular weight is 193 g/mol. The fraction of sp³-hybridized carbons (Fsp3) is 0.692. The Hall–Kier alpha value is -0.560. The Kier molecular flexibility index (Phi) is 7.41. The molecule has 0 aromatic rings. The molecule has 2 rings (SSSR count). The van der Waals surface area contributed by atoms with E-state index in [2.05, 4.69) is 29.6 Å². The van der Waals surface area contributed by atoms with Crippen molar-refractivity contribution >= 4 is 0 Å². The van der Waals surface area contributed by atoms with Gasteiger partial charge in [0.25, 0.3) is 0 Å². The summed E-state index contributed by atoms with van der Waals surface area (Å²) in [7, 11) is 0. The highest BCUT2D eigenvalue weighted by atomic mass is 14.9. The van der Waals surface area contributed by atoms with Crippen LogP contribution < -0.4 is 5.32 Å². The van der Waals surface area contributed by atoms with Gasteiger partial charge in [0.05, 0.1) is 0 Å². The molecular weight excluding hydrogens is 170 g/mol. The minimum atomic E-state index is 1.23. The number of hydrogen-bond donors (Lipinski definition) is 1. The maximum absolute atomic E-state index is 3.28. The summed E-state index contributed by atoms with van der Waals surface area (Å²) in [6.07, 6.45) is 18.2. The standard InChI is InChI=1S/C8H12.C5H11N/c1-2-4-6-8-7-5-3-1;1-2-4-6-5-3-1/h1-2,7-8H,3-6H2;6H,1-5H2/b2-1-,8-7-;. The lowest BCUT2D eigenvalue weighted by molar-refractivity contribution is 0.520. The largest absolute Gasteiger partial charge is 0.317 e. The maximum atomic E-state index is 3.28. The SMILES string of the molecule is C1=C\CC/C=C\CC/1.C1CCNCC1. The van der Waals surface area contributed by atoms with Gasteiger partial charge in [-0.3, -0.25) is 0 Å². The third kappa shape index (κ3) is 6.90. The van der Waals surface area contributed by atoms with E-state index in [1.165, 1.54) is 58.0 Å². The first-order valence-corrected chi connectivity index (χ1v) is 6.01. The topological polar surface area (TPSA) is 12.0 Å². The molecule has 1 N–H and O–H groups in total. The van der Waals surface area contributed by atoms with Crippen LogP contribution in [0.4, 0.5) is 0 Å². The zero-order valence-electron chi connectivity index (χ0n) is 9.17. The quantitative estimate of drug-likeness (QED) is 0.581. The van der Waals surface area contributed by atoms with Gasteiger partial charge in [-0.1, -0.05) is 30.7 Å². The second kappa shape index (κ2) is 9.01. The first kappa shape index (κ1) is 11.5. The van der Waals surface area contributed by atoms with Gasteiger partial charge in [0.1, 0.15) is 0 Å². The molecule has 2 aliphatic rings. The van der Waals surface area contributed by atoms with Crippen molar-refractivity contribution < 1.29 is 0 Å². The van der Waals surface area contributed by atoms with Crippen molar-refractivity contribution in [1.82, 2.24) is 5.32 Å². The van der Waals surface area contributed by atoms with E-state index in [-0.39, 0.29) is 0 Å². The first-order valence-electron chi connectivity index (χ1n) is 6.01. The molecule has 1 nitrogen and oxygen atoms in total. The van der Waals surface area contributed by atoms with Crippen LogP contribution in [0.2, 0.25) is 0 Å². The van der Waals surface area contributed by atoms with Crippen molar-refractivity contribution in [2.24, 2.45) is 0 Å². The van der Waals surface area contributed by atoms with Gasteiger partial charge in [-0.15, -0.1) is 0 Å². The van der Waals surface area contributed by atoms with Gasteiger partial charge in [-0.2, -0.15) is 0 Å². The van der Waals surface area contributed by atoms with E-state index in [4.69, 9.17) is 0 Å². The van der Waals surface area contributed by atoms with E-state index >= 15 is 0 Å².